The summed E-state index contributed by atoms with van der Waals surface area (Å²) in [6.07, 6.45) is 0. The van der Waals surface area contributed by atoms with Crippen LogP contribution in [0.5, 0.6) is 5.75 Å². The summed E-state index contributed by atoms with van der Waals surface area (Å²) in [5.41, 5.74) is -1.72. The van der Waals surface area contributed by atoms with Crippen molar-refractivity contribution < 1.29 is 44.8 Å². The minimum absolute atomic E-state index is 0.357. The molecule has 0 atom stereocenters. The maximum absolute atomic E-state index is 13.8. The molecule has 0 fully saturated rings. The predicted octanol–water partition coefficient (Wildman–Crippen LogP) is 3.72. The first kappa shape index (κ1) is 19.0. The molecular formula is C16H5BF8O2. The van der Waals surface area contributed by atoms with Crippen molar-refractivity contribution in [2.24, 2.45) is 0 Å². The third-order valence-electron chi connectivity index (χ3n) is 3.67. The van der Waals surface area contributed by atoms with E-state index in [0.29, 0.717) is 18.2 Å². The summed E-state index contributed by atoms with van der Waals surface area (Å²) in [5.74, 6) is -16.1. The SMILES string of the molecule is OB(Oc1ccc(F)c2c(F)cc(F)cc12)c1c(F)c(F)c(F)c(F)c1F. The van der Waals surface area contributed by atoms with Gasteiger partial charge in [-0.3, -0.25) is 0 Å². The average molecular weight is 392 g/mol. The molecule has 0 amide bonds. The summed E-state index contributed by atoms with van der Waals surface area (Å²) in [7, 11) is -2.76. The van der Waals surface area contributed by atoms with E-state index in [1.165, 1.54) is 0 Å². The topological polar surface area (TPSA) is 29.5 Å². The molecule has 0 aliphatic heterocycles. The van der Waals surface area contributed by atoms with Crippen molar-refractivity contribution in [3.63, 3.8) is 0 Å². The highest BCUT2D eigenvalue weighted by atomic mass is 19.2. The lowest BCUT2D eigenvalue weighted by molar-refractivity contribution is 0.375. The molecule has 140 valence electrons. The van der Waals surface area contributed by atoms with Crippen LogP contribution in [0.3, 0.4) is 0 Å². The van der Waals surface area contributed by atoms with E-state index in [0.717, 1.165) is 6.07 Å². The highest BCUT2D eigenvalue weighted by Crippen LogP contribution is 2.31. The van der Waals surface area contributed by atoms with Crippen molar-refractivity contribution in [3.8, 4) is 5.75 Å². The van der Waals surface area contributed by atoms with E-state index in [9.17, 15) is 40.1 Å². The molecule has 0 aliphatic rings. The Labute approximate surface area is 145 Å². The Kier molecular flexibility index (Phi) is 4.72. The van der Waals surface area contributed by atoms with Crippen LogP contribution in [0.2, 0.25) is 0 Å². The zero-order valence-electron chi connectivity index (χ0n) is 12.8. The standard InChI is InChI=1S/C16H5BF8O2/c18-5-3-6-9(2-1-7(19)10(6)8(20)4-5)27-17(26)11-12(21)14(23)16(25)15(24)13(11)22/h1-4,26H. The third kappa shape index (κ3) is 3.07. The van der Waals surface area contributed by atoms with E-state index in [1.807, 2.05) is 0 Å². The van der Waals surface area contributed by atoms with Crippen LogP contribution in [0, 0.1) is 46.5 Å². The van der Waals surface area contributed by atoms with Crippen molar-refractivity contribution in [2.45, 2.75) is 0 Å². The molecule has 0 saturated carbocycles. The summed E-state index contributed by atoms with van der Waals surface area (Å²) in [6, 6.07) is 2.35. The molecule has 0 spiro atoms. The molecule has 3 aromatic rings. The van der Waals surface area contributed by atoms with Gasteiger partial charge in [-0.2, -0.15) is 0 Å². The van der Waals surface area contributed by atoms with Crippen molar-refractivity contribution in [1.82, 2.24) is 0 Å². The minimum atomic E-state index is -2.76. The Hall–Kier alpha value is -2.82. The number of fused-ring (bicyclic) bond motifs is 1. The van der Waals surface area contributed by atoms with Gasteiger partial charge in [-0.05, 0) is 18.2 Å². The number of benzene rings is 3. The average Bonchev–Trinajstić information content (AvgIpc) is 2.60. The Bertz CT molecular complexity index is 1040. The van der Waals surface area contributed by atoms with Crippen LogP contribution < -0.4 is 10.1 Å². The van der Waals surface area contributed by atoms with Crippen molar-refractivity contribution in [1.29, 1.82) is 0 Å². The van der Waals surface area contributed by atoms with Crippen LogP contribution in [-0.4, -0.2) is 12.1 Å². The van der Waals surface area contributed by atoms with Crippen LogP contribution in [0.15, 0.2) is 24.3 Å². The summed E-state index contributed by atoms with van der Waals surface area (Å²) in [5, 5.41) is 8.46. The number of rotatable bonds is 3. The second kappa shape index (κ2) is 6.73. The molecule has 0 unspecified atom stereocenters. The lowest BCUT2D eigenvalue weighted by Gasteiger charge is -2.15. The van der Waals surface area contributed by atoms with E-state index < -0.39 is 75.6 Å². The van der Waals surface area contributed by atoms with Crippen LogP contribution >= 0.6 is 0 Å². The largest absolute Gasteiger partial charge is 0.566 e. The third-order valence-corrected chi connectivity index (χ3v) is 3.67. The predicted molar refractivity (Wildman–Crippen MR) is 78.3 cm³/mol. The molecule has 1 N–H and O–H groups in total. The molecule has 0 radical (unpaired) electrons. The molecule has 3 rings (SSSR count). The lowest BCUT2D eigenvalue weighted by atomic mass is 9.78. The smallest absolute Gasteiger partial charge is 0.532 e. The molecule has 0 saturated heterocycles. The fraction of sp³-hybridized carbons (Fsp3) is 0. The molecule has 3 aromatic carbocycles. The van der Waals surface area contributed by atoms with E-state index in [4.69, 9.17) is 4.65 Å². The maximum Gasteiger partial charge on any atom is 0.566 e. The summed E-state index contributed by atoms with van der Waals surface area (Å²) < 4.78 is 113. The highest BCUT2D eigenvalue weighted by molar-refractivity contribution is 6.61. The quantitative estimate of drug-likeness (QED) is 0.319. The molecule has 0 aromatic heterocycles. The van der Waals surface area contributed by atoms with Crippen LogP contribution in [-0.2, 0) is 0 Å². The van der Waals surface area contributed by atoms with Crippen LogP contribution in [0.25, 0.3) is 10.8 Å². The zero-order valence-corrected chi connectivity index (χ0v) is 12.8. The van der Waals surface area contributed by atoms with E-state index in [2.05, 4.69) is 0 Å². The van der Waals surface area contributed by atoms with Gasteiger partial charge in [0, 0.05) is 11.5 Å². The molecular weight excluding hydrogens is 387 g/mol. The van der Waals surface area contributed by atoms with Gasteiger partial charge in [0.05, 0.1) is 10.8 Å². The number of halogens is 8. The molecule has 0 aliphatic carbocycles. The first-order valence-corrected chi connectivity index (χ1v) is 7.06. The first-order chi connectivity index (χ1) is 12.6. The molecule has 2 nitrogen and oxygen atoms in total. The molecule has 11 heteroatoms. The van der Waals surface area contributed by atoms with Crippen molar-refractivity contribution >= 4 is 23.4 Å². The van der Waals surface area contributed by atoms with E-state index in [1.54, 1.807) is 0 Å². The Balaban J connectivity index is 2.14. The van der Waals surface area contributed by atoms with Crippen LogP contribution in [0.4, 0.5) is 35.1 Å². The fourth-order valence-corrected chi connectivity index (χ4v) is 2.45. The lowest BCUT2D eigenvalue weighted by Crippen LogP contribution is -2.43. The van der Waals surface area contributed by atoms with Crippen molar-refractivity contribution in [2.75, 3.05) is 0 Å². The van der Waals surface area contributed by atoms with Gasteiger partial charge in [0.2, 0.25) is 0 Å². The van der Waals surface area contributed by atoms with Crippen LogP contribution in [0.1, 0.15) is 0 Å². The first-order valence-electron chi connectivity index (χ1n) is 7.06. The van der Waals surface area contributed by atoms with Gasteiger partial charge in [0.15, 0.2) is 29.1 Å². The minimum Gasteiger partial charge on any atom is -0.532 e. The summed E-state index contributed by atoms with van der Waals surface area (Å²) >= 11 is 0. The van der Waals surface area contributed by atoms with Gasteiger partial charge in [-0.15, -0.1) is 0 Å². The normalized spacial score (nSPS) is 11.1. The zero-order chi connectivity index (χ0) is 20.0. The van der Waals surface area contributed by atoms with Crippen molar-refractivity contribution in [3.05, 3.63) is 70.8 Å². The fourth-order valence-electron chi connectivity index (χ4n) is 2.45. The van der Waals surface area contributed by atoms with Gasteiger partial charge in [0.25, 0.3) is 0 Å². The Morgan fingerprint density at radius 2 is 1.26 bits per heavy atom. The Morgan fingerprint density at radius 1 is 0.704 bits per heavy atom. The highest BCUT2D eigenvalue weighted by Gasteiger charge is 2.35. The van der Waals surface area contributed by atoms with Gasteiger partial charge >= 0.3 is 7.12 Å². The maximum atomic E-state index is 13.8. The second-order valence-corrected chi connectivity index (χ2v) is 5.31. The molecule has 0 heterocycles. The molecule has 27 heavy (non-hydrogen) atoms. The van der Waals surface area contributed by atoms with Gasteiger partial charge < -0.3 is 9.68 Å². The number of hydrogen-bond acceptors (Lipinski definition) is 2. The summed E-state index contributed by atoms with van der Waals surface area (Å²) in [6.45, 7) is 0. The second-order valence-electron chi connectivity index (χ2n) is 5.31. The molecule has 0 bridgehead atoms. The monoisotopic (exact) mass is 392 g/mol. The van der Waals surface area contributed by atoms with E-state index in [-0.39, 0.29) is 0 Å². The summed E-state index contributed by atoms with van der Waals surface area (Å²) in [4.78, 5) is 0. The van der Waals surface area contributed by atoms with Gasteiger partial charge in [-0.1, -0.05) is 0 Å². The number of hydrogen-bond donors (Lipinski definition) is 1. The Morgan fingerprint density at radius 3 is 1.85 bits per heavy atom. The van der Waals surface area contributed by atoms with Gasteiger partial charge in [-0.25, -0.2) is 35.1 Å². The van der Waals surface area contributed by atoms with E-state index >= 15 is 0 Å². The van der Waals surface area contributed by atoms with Gasteiger partial charge in [0.1, 0.15) is 23.2 Å².